The van der Waals surface area contributed by atoms with Crippen LogP contribution >= 0.6 is 0 Å². The van der Waals surface area contributed by atoms with Crippen LogP contribution < -0.4 is 19.9 Å². The monoisotopic (exact) mass is 423 g/mol. The van der Waals surface area contributed by atoms with Crippen molar-refractivity contribution >= 4 is 23.1 Å². The smallest absolute Gasteiger partial charge is 0.238 e. The number of nitrogens with one attached hydrogen (secondary N) is 1. The highest BCUT2D eigenvalue weighted by atomic mass is 16.5. The maximum Gasteiger partial charge on any atom is 0.238 e. The number of methoxy groups -OCH3 is 1. The van der Waals surface area contributed by atoms with Crippen LogP contribution in [0.1, 0.15) is 25.7 Å². The molecule has 0 aliphatic carbocycles. The fourth-order valence-electron chi connectivity index (χ4n) is 4.35. The first-order chi connectivity index (χ1) is 15.2. The van der Waals surface area contributed by atoms with Crippen LogP contribution in [-0.2, 0) is 4.79 Å². The number of amides is 1. The molecule has 1 aromatic carbocycles. The van der Waals surface area contributed by atoms with Gasteiger partial charge in [0.1, 0.15) is 11.6 Å². The summed E-state index contributed by atoms with van der Waals surface area (Å²) in [5.74, 6) is 1.89. The second kappa shape index (κ2) is 10.5. The normalized spacial score (nSPS) is 17.8. The molecule has 0 unspecified atom stereocenters. The number of carbonyl (C=O) groups is 1. The molecule has 7 nitrogen and oxygen atoms in total. The van der Waals surface area contributed by atoms with Gasteiger partial charge >= 0.3 is 0 Å². The minimum absolute atomic E-state index is 0.0189. The molecule has 3 heterocycles. The zero-order valence-electron chi connectivity index (χ0n) is 18.4. The zero-order valence-corrected chi connectivity index (χ0v) is 18.4. The van der Waals surface area contributed by atoms with E-state index in [0.29, 0.717) is 6.54 Å². The fourth-order valence-corrected chi connectivity index (χ4v) is 4.35. The minimum Gasteiger partial charge on any atom is -0.497 e. The lowest BCUT2D eigenvalue weighted by Gasteiger charge is -2.27. The van der Waals surface area contributed by atoms with Gasteiger partial charge in [-0.1, -0.05) is 0 Å². The van der Waals surface area contributed by atoms with Gasteiger partial charge < -0.3 is 19.9 Å². The third-order valence-corrected chi connectivity index (χ3v) is 6.10. The molecule has 2 saturated heterocycles. The Labute approximate surface area is 185 Å². The predicted molar refractivity (Wildman–Crippen MR) is 125 cm³/mol. The van der Waals surface area contributed by atoms with Crippen LogP contribution in [0.2, 0.25) is 0 Å². The lowest BCUT2D eigenvalue weighted by atomic mass is 10.1. The molecule has 1 amide bonds. The molecule has 0 atom stereocenters. The molecule has 2 aliphatic heterocycles. The Hall–Kier alpha value is -2.80. The maximum atomic E-state index is 12.6. The molecule has 2 aromatic rings. The van der Waals surface area contributed by atoms with E-state index in [1.54, 1.807) is 13.3 Å². The van der Waals surface area contributed by atoms with Crippen molar-refractivity contribution in [1.29, 1.82) is 0 Å². The van der Waals surface area contributed by atoms with Crippen molar-refractivity contribution in [3.63, 3.8) is 0 Å². The van der Waals surface area contributed by atoms with E-state index < -0.39 is 0 Å². The highest BCUT2D eigenvalue weighted by Crippen LogP contribution is 2.21. The van der Waals surface area contributed by atoms with Gasteiger partial charge in [-0.25, -0.2) is 4.98 Å². The molecule has 4 rings (SSSR count). The summed E-state index contributed by atoms with van der Waals surface area (Å²) < 4.78 is 5.25. The van der Waals surface area contributed by atoms with E-state index in [0.717, 1.165) is 62.9 Å². The molecule has 0 bridgehead atoms. The Morgan fingerprint density at radius 1 is 0.903 bits per heavy atom. The van der Waals surface area contributed by atoms with Crippen molar-refractivity contribution in [2.45, 2.75) is 25.7 Å². The molecule has 0 saturated carbocycles. The Bertz CT molecular complexity index is 834. The fraction of sp³-hybridized carbons (Fsp3) is 0.500. The molecule has 2 fully saturated rings. The van der Waals surface area contributed by atoms with Crippen LogP contribution in [0.5, 0.6) is 5.75 Å². The second-order valence-corrected chi connectivity index (χ2v) is 8.32. The van der Waals surface area contributed by atoms with Crippen LogP contribution in [0.3, 0.4) is 0 Å². The van der Waals surface area contributed by atoms with Gasteiger partial charge in [-0.15, -0.1) is 0 Å². The van der Waals surface area contributed by atoms with Gasteiger partial charge in [-0.3, -0.25) is 9.69 Å². The Kier molecular flexibility index (Phi) is 7.25. The number of carbonyl (C=O) groups excluding carboxylic acids is 1. The van der Waals surface area contributed by atoms with Crippen molar-refractivity contribution in [3.8, 4) is 5.75 Å². The average Bonchev–Trinajstić information content (AvgIpc) is 3.06. The summed E-state index contributed by atoms with van der Waals surface area (Å²) in [6, 6.07) is 12.2. The van der Waals surface area contributed by atoms with Gasteiger partial charge in [0, 0.05) is 45.0 Å². The molecule has 7 heteroatoms. The van der Waals surface area contributed by atoms with Crippen LogP contribution in [0.25, 0.3) is 0 Å². The molecular weight excluding hydrogens is 390 g/mol. The first kappa shape index (κ1) is 21.4. The van der Waals surface area contributed by atoms with E-state index in [1.807, 2.05) is 24.3 Å². The number of ether oxygens (including phenoxy) is 1. The number of pyridine rings is 1. The van der Waals surface area contributed by atoms with Crippen molar-refractivity contribution in [2.75, 3.05) is 68.0 Å². The van der Waals surface area contributed by atoms with Crippen LogP contribution in [-0.4, -0.2) is 68.7 Å². The van der Waals surface area contributed by atoms with Crippen LogP contribution in [0, 0.1) is 0 Å². The van der Waals surface area contributed by atoms with Crippen molar-refractivity contribution in [2.24, 2.45) is 0 Å². The van der Waals surface area contributed by atoms with E-state index in [2.05, 4.69) is 37.1 Å². The first-order valence-electron chi connectivity index (χ1n) is 11.3. The summed E-state index contributed by atoms with van der Waals surface area (Å²) in [5.41, 5.74) is 1.97. The number of benzene rings is 1. The maximum absolute atomic E-state index is 12.6. The van der Waals surface area contributed by atoms with Gasteiger partial charge in [0.2, 0.25) is 5.91 Å². The second-order valence-electron chi connectivity index (χ2n) is 8.32. The highest BCUT2D eigenvalue weighted by molar-refractivity contribution is 5.92. The number of piperidine rings is 1. The van der Waals surface area contributed by atoms with Gasteiger partial charge in [0.05, 0.1) is 25.5 Å². The Morgan fingerprint density at radius 3 is 2.39 bits per heavy atom. The zero-order chi connectivity index (χ0) is 21.5. The summed E-state index contributed by atoms with van der Waals surface area (Å²) >= 11 is 0. The lowest BCUT2D eigenvalue weighted by molar-refractivity contribution is -0.117. The van der Waals surface area contributed by atoms with Crippen molar-refractivity contribution in [1.82, 2.24) is 9.88 Å². The van der Waals surface area contributed by atoms with Gasteiger partial charge in [-0.05, 0) is 62.1 Å². The van der Waals surface area contributed by atoms with E-state index >= 15 is 0 Å². The van der Waals surface area contributed by atoms with Gasteiger partial charge in [0.25, 0.3) is 0 Å². The number of anilines is 3. The predicted octanol–water partition coefficient (Wildman–Crippen LogP) is 3.23. The molecule has 1 N–H and O–H groups in total. The Morgan fingerprint density at radius 2 is 1.68 bits per heavy atom. The van der Waals surface area contributed by atoms with Gasteiger partial charge in [-0.2, -0.15) is 0 Å². The van der Waals surface area contributed by atoms with E-state index in [1.165, 1.54) is 24.9 Å². The molecular formula is C24H33N5O2. The molecule has 31 heavy (non-hydrogen) atoms. The Balaban J connectivity index is 1.25. The topological polar surface area (TPSA) is 60.9 Å². The number of rotatable bonds is 6. The number of nitrogens with zero attached hydrogens (tertiary/aromatic N) is 4. The average molecular weight is 424 g/mol. The molecule has 2 aliphatic rings. The van der Waals surface area contributed by atoms with E-state index in [-0.39, 0.29) is 5.91 Å². The van der Waals surface area contributed by atoms with Crippen LogP contribution in [0.4, 0.5) is 17.2 Å². The number of aromatic nitrogens is 1. The SMILES string of the molecule is COc1ccc(N2CCCN(CC(=O)Nc3ccc(N4CCCCC4)nc3)CC2)cc1. The molecule has 1 aromatic heterocycles. The third-order valence-electron chi connectivity index (χ3n) is 6.10. The van der Waals surface area contributed by atoms with Crippen molar-refractivity contribution in [3.05, 3.63) is 42.6 Å². The molecule has 0 radical (unpaired) electrons. The molecule has 0 spiro atoms. The van der Waals surface area contributed by atoms with Crippen LogP contribution in [0.15, 0.2) is 42.6 Å². The van der Waals surface area contributed by atoms with E-state index in [4.69, 9.17) is 4.74 Å². The minimum atomic E-state index is 0.0189. The number of hydrogen-bond acceptors (Lipinski definition) is 6. The summed E-state index contributed by atoms with van der Waals surface area (Å²) in [5, 5.41) is 3.01. The third kappa shape index (κ3) is 5.88. The van der Waals surface area contributed by atoms with E-state index in [9.17, 15) is 4.79 Å². The number of hydrogen-bond donors (Lipinski definition) is 1. The molecule has 166 valence electrons. The first-order valence-corrected chi connectivity index (χ1v) is 11.3. The summed E-state index contributed by atoms with van der Waals surface area (Å²) in [6.45, 7) is 6.24. The van der Waals surface area contributed by atoms with Crippen molar-refractivity contribution < 1.29 is 9.53 Å². The lowest BCUT2D eigenvalue weighted by Crippen LogP contribution is -2.36. The largest absolute Gasteiger partial charge is 0.497 e. The summed E-state index contributed by atoms with van der Waals surface area (Å²) in [4.78, 5) is 24.1. The quantitative estimate of drug-likeness (QED) is 0.770. The summed E-state index contributed by atoms with van der Waals surface area (Å²) in [7, 11) is 1.68. The highest BCUT2D eigenvalue weighted by Gasteiger charge is 2.18. The summed E-state index contributed by atoms with van der Waals surface area (Å²) in [6.07, 6.45) is 6.57. The standard InChI is InChI=1S/C24H33N5O2/c1-31-22-9-7-21(8-10-22)28-15-5-12-27(16-17-28)19-24(30)26-20-6-11-23(25-18-20)29-13-3-2-4-14-29/h6-11,18H,2-5,12-17,19H2,1H3,(H,26,30). The van der Waals surface area contributed by atoms with Gasteiger partial charge in [0.15, 0.2) is 0 Å².